The lowest BCUT2D eigenvalue weighted by atomic mass is 10.1. The van der Waals surface area contributed by atoms with Gasteiger partial charge in [-0.3, -0.25) is 9.79 Å². The first-order valence-corrected chi connectivity index (χ1v) is 9.18. The third-order valence-electron chi connectivity index (χ3n) is 4.03. The number of rotatable bonds is 8. The lowest BCUT2D eigenvalue weighted by Gasteiger charge is -2.13. The number of carbonyl (C=O) groups is 1. The average molecular weight is 386 g/mol. The summed E-state index contributed by atoms with van der Waals surface area (Å²) in [5.41, 5.74) is 2.75. The van der Waals surface area contributed by atoms with Gasteiger partial charge in [0.15, 0.2) is 5.96 Å². The molecular weight excluding hydrogens is 359 g/mol. The Morgan fingerprint density at radius 3 is 2.64 bits per heavy atom. The number of ether oxygens (including phenoxy) is 1. The van der Waals surface area contributed by atoms with E-state index < -0.39 is 0 Å². The second kappa shape index (κ2) is 10.9. The van der Waals surface area contributed by atoms with Gasteiger partial charge in [-0.2, -0.15) is 0 Å². The van der Waals surface area contributed by atoms with Gasteiger partial charge in [0, 0.05) is 32.3 Å². The highest BCUT2D eigenvalue weighted by atomic mass is 19.1. The van der Waals surface area contributed by atoms with Gasteiger partial charge in [0.25, 0.3) is 0 Å². The molecule has 1 amide bonds. The maximum atomic E-state index is 13.2. The van der Waals surface area contributed by atoms with E-state index in [1.807, 2.05) is 25.1 Å². The van der Waals surface area contributed by atoms with E-state index in [1.165, 1.54) is 13.0 Å². The summed E-state index contributed by atoms with van der Waals surface area (Å²) in [6.07, 6.45) is 0.777. The van der Waals surface area contributed by atoms with Gasteiger partial charge in [0.05, 0.1) is 6.54 Å². The van der Waals surface area contributed by atoms with E-state index in [1.54, 1.807) is 25.2 Å². The molecule has 0 aliphatic heterocycles. The van der Waals surface area contributed by atoms with E-state index in [0.29, 0.717) is 37.1 Å². The molecule has 0 heterocycles. The Labute approximate surface area is 165 Å². The molecule has 0 saturated carbocycles. The van der Waals surface area contributed by atoms with Crippen molar-refractivity contribution >= 4 is 17.6 Å². The predicted octanol–water partition coefficient (Wildman–Crippen LogP) is 2.88. The molecule has 0 spiro atoms. The lowest BCUT2D eigenvalue weighted by Crippen LogP contribution is -2.40. The molecule has 0 aliphatic carbocycles. The number of hydrogen-bond donors (Lipinski definition) is 3. The average Bonchev–Trinajstić information content (AvgIpc) is 2.65. The van der Waals surface area contributed by atoms with Crippen LogP contribution in [0.4, 0.5) is 10.1 Å². The molecule has 3 N–H and O–H groups in total. The molecule has 0 saturated heterocycles. The summed E-state index contributed by atoms with van der Waals surface area (Å²) in [5, 5.41) is 9.13. The second-order valence-corrected chi connectivity index (χ2v) is 6.30. The van der Waals surface area contributed by atoms with Crippen LogP contribution in [-0.2, 0) is 11.2 Å². The molecule has 0 aliphatic rings. The highest BCUT2D eigenvalue weighted by molar-refractivity contribution is 5.88. The lowest BCUT2D eigenvalue weighted by molar-refractivity contribution is -0.114. The molecule has 0 fully saturated rings. The van der Waals surface area contributed by atoms with Crippen LogP contribution in [0.15, 0.2) is 47.5 Å². The van der Waals surface area contributed by atoms with Crippen LogP contribution in [0.2, 0.25) is 0 Å². The Bertz CT molecular complexity index is 824. The number of nitrogens with zero attached hydrogens (tertiary/aromatic N) is 1. The van der Waals surface area contributed by atoms with Crippen molar-refractivity contribution in [1.82, 2.24) is 10.6 Å². The van der Waals surface area contributed by atoms with E-state index >= 15 is 0 Å². The number of benzene rings is 2. The number of nitrogens with one attached hydrogen (secondary N) is 3. The van der Waals surface area contributed by atoms with Crippen molar-refractivity contribution in [3.63, 3.8) is 0 Å². The molecule has 0 bridgehead atoms. The first-order valence-electron chi connectivity index (χ1n) is 9.18. The van der Waals surface area contributed by atoms with Crippen LogP contribution in [0.1, 0.15) is 18.1 Å². The quantitative estimate of drug-likeness (QED) is 0.371. The number of halogens is 1. The molecule has 0 atom stereocenters. The van der Waals surface area contributed by atoms with Crippen LogP contribution in [-0.4, -0.2) is 38.6 Å². The van der Waals surface area contributed by atoms with Crippen LogP contribution in [0.5, 0.6) is 5.75 Å². The standard InChI is InChI=1S/C21H27FN4O2/c1-15-13-18(22)8-7-17(15)9-10-24-21(23-3)25-11-12-28-20-6-4-5-19(14-20)26-16(2)27/h4-8,13-14H,9-12H2,1-3H3,(H,26,27)(H2,23,24,25). The van der Waals surface area contributed by atoms with Crippen molar-refractivity contribution in [2.24, 2.45) is 4.99 Å². The van der Waals surface area contributed by atoms with Gasteiger partial charge in [-0.05, 0) is 48.7 Å². The molecule has 2 rings (SSSR count). The number of carbonyl (C=O) groups excluding carboxylic acids is 1. The summed E-state index contributed by atoms with van der Waals surface area (Å²) in [6.45, 7) is 5.07. The fourth-order valence-corrected chi connectivity index (χ4v) is 2.68. The van der Waals surface area contributed by atoms with Crippen molar-refractivity contribution in [2.45, 2.75) is 20.3 Å². The zero-order valence-electron chi connectivity index (χ0n) is 16.5. The van der Waals surface area contributed by atoms with Crippen LogP contribution < -0.4 is 20.7 Å². The summed E-state index contributed by atoms with van der Waals surface area (Å²) in [5.74, 6) is 1.02. The molecule has 0 radical (unpaired) electrons. The van der Waals surface area contributed by atoms with Gasteiger partial charge in [0.2, 0.25) is 5.91 Å². The van der Waals surface area contributed by atoms with Crippen molar-refractivity contribution in [2.75, 3.05) is 32.1 Å². The zero-order valence-corrected chi connectivity index (χ0v) is 16.5. The molecule has 0 unspecified atom stereocenters. The Morgan fingerprint density at radius 1 is 1.14 bits per heavy atom. The number of aryl methyl sites for hydroxylation is 1. The van der Waals surface area contributed by atoms with Gasteiger partial charge in [0.1, 0.15) is 18.2 Å². The van der Waals surface area contributed by atoms with Crippen LogP contribution in [0.3, 0.4) is 0 Å². The van der Waals surface area contributed by atoms with E-state index in [2.05, 4.69) is 20.9 Å². The largest absolute Gasteiger partial charge is 0.492 e. The molecule has 150 valence electrons. The first kappa shape index (κ1) is 21.2. The maximum absolute atomic E-state index is 13.2. The van der Waals surface area contributed by atoms with Gasteiger partial charge in [-0.1, -0.05) is 12.1 Å². The van der Waals surface area contributed by atoms with Crippen LogP contribution >= 0.6 is 0 Å². The number of amides is 1. The maximum Gasteiger partial charge on any atom is 0.221 e. The first-order chi connectivity index (χ1) is 13.5. The Balaban J connectivity index is 1.70. The molecule has 6 nitrogen and oxygen atoms in total. The van der Waals surface area contributed by atoms with E-state index in [-0.39, 0.29) is 11.7 Å². The monoisotopic (exact) mass is 386 g/mol. The van der Waals surface area contributed by atoms with Crippen molar-refractivity contribution in [3.8, 4) is 5.75 Å². The second-order valence-electron chi connectivity index (χ2n) is 6.30. The normalized spacial score (nSPS) is 11.1. The van der Waals surface area contributed by atoms with E-state index in [0.717, 1.165) is 17.5 Å². The summed E-state index contributed by atoms with van der Waals surface area (Å²) in [7, 11) is 1.70. The van der Waals surface area contributed by atoms with Gasteiger partial charge < -0.3 is 20.7 Å². The number of aliphatic imine (C=N–C) groups is 1. The summed E-state index contributed by atoms with van der Waals surface area (Å²) < 4.78 is 18.8. The molecule has 2 aromatic carbocycles. The minimum atomic E-state index is -0.214. The minimum Gasteiger partial charge on any atom is -0.492 e. The smallest absolute Gasteiger partial charge is 0.221 e. The fourth-order valence-electron chi connectivity index (χ4n) is 2.68. The topological polar surface area (TPSA) is 74.8 Å². The van der Waals surface area contributed by atoms with Crippen LogP contribution in [0, 0.1) is 12.7 Å². The van der Waals surface area contributed by atoms with E-state index in [9.17, 15) is 9.18 Å². The van der Waals surface area contributed by atoms with Crippen LogP contribution in [0.25, 0.3) is 0 Å². The van der Waals surface area contributed by atoms with Crippen molar-refractivity contribution in [1.29, 1.82) is 0 Å². The van der Waals surface area contributed by atoms with Gasteiger partial charge >= 0.3 is 0 Å². The predicted molar refractivity (Wildman–Crippen MR) is 110 cm³/mol. The molecule has 2 aromatic rings. The van der Waals surface area contributed by atoms with Crippen molar-refractivity contribution < 1.29 is 13.9 Å². The van der Waals surface area contributed by atoms with Gasteiger partial charge in [-0.15, -0.1) is 0 Å². The number of guanidine groups is 1. The Hall–Kier alpha value is -3.09. The molecular formula is C21H27FN4O2. The molecule has 7 heteroatoms. The Kier molecular flexibility index (Phi) is 8.27. The highest BCUT2D eigenvalue weighted by Crippen LogP contribution is 2.17. The molecule has 28 heavy (non-hydrogen) atoms. The fraction of sp³-hybridized carbons (Fsp3) is 0.333. The molecule has 0 aromatic heterocycles. The number of hydrogen-bond acceptors (Lipinski definition) is 3. The number of anilines is 1. The van der Waals surface area contributed by atoms with Gasteiger partial charge in [-0.25, -0.2) is 4.39 Å². The SMILES string of the molecule is CN=C(NCCOc1cccc(NC(C)=O)c1)NCCc1ccc(F)cc1C. The third-order valence-corrected chi connectivity index (χ3v) is 4.03. The summed E-state index contributed by atoms with van der Waals surface area (Å²) in [4.78, 5) is 15.3. The van der Waals surface area contributed by atoms with E-state index in [4.69, 9.17) is 4.74 Å². The minimum absolute atomic E-state index is 0.121. The third kappa shape index (κ3) is 7.26. The zero-order chi connectivity index (χ0) is 20.4. The van der Waals surface area contributed by atoms with Crippen molar-refractivity contribution in [3.05, 3.63) is 59.4 Å². The Morgan fingerprint density at radius 2 is 1.93 bits per heavy atom. The summed E-state index contributed by atoms with van der Waals surface area (Å²) >= 11 is 0. The highest BCUT2D eigenvalue weighted by Gasteiger charge is 2.03. The summed E-state index contributed by atoms with van der Waals surface area (Å²) in [6, 6.07) is 12.1.